The highest BCUT2D eigenvalue weighted by Gasteiger charge is 2.10. The number of nitrogens with one attached hydrogen (secondary N) is 1. The zero-order valence-electron chi connectivity index (χ0n) is 11.8. The van der Waals surface area contributed by atoms with E-state index >= 15 is 0 Å². The summed E-state index contributed by atoms with van der Waals surface area (Å²) in [6.07, 6.45) is 5.11. The molecule has 0 saturated heterocycles. The van der Waals surface area contributed by atoms with Gasteiger partial charge in [-0.15, -0.1) is 0 Å². The van der Waals surface area contributed by atoms with Gasteiger partial charge in [0.1, 0.15) is 5.75 Å². The number of unbranched alkanes of at least 4 members (excludes halogenated alkanes) is 1. The fourth-order valence-electron chi connectivity index (χ4n) is 2.09. The molecule has 0 aliphatic heterocycles. The van der Waals surface area contributed by atoms with Gasteiger partial charge in [0.15, 0.2) is 11.9 Å². The van der Waals surface area contributed by atoms with E-state index < -0.39 is 6.10 Å². The fourth-order valence-corrected chi connectivity index (χ4v) is 2.09. The number of Topliss-reactive ketones (excluding diaryl/α,β-unsaturated/α-hetero) is 1. The van der Waals surface area contributed by atoms with Crippen LogP contribution < -0.4 is 4.74 Å². The van der Waals surface area contributed by atoms with Crippen LogP contribution in [0, 0.1) is 0 Å². The number of rotatable bonds is 6. The van der Waals surface area contributed by atoms with Gasteiger partial charge >= 0.3 is 0 Å². The summed E-state index contributed by atoms with van der Waals surface area (Å²) >= 11 is 0. The van der Waals surface area contributed by atoms with Crippen LogP contribution >= 0.6 is 0 Å². The summed E-state index contributed by atoms with van der Waals surface area (Å²) in [6.45, 7) is 5.52. The Kier molecular flexibility index (Phi) is 4.25. The van der Waals surface area contributed by atoms with E-state index in [1.54, 1.807) is 13.8 Å². The molecule has 0 saturated carbocycles. The second-order valence-corrected chi connectivity index (χ2v) is 5.00. The molecule has 19 heavy (non-hydrogen) atoms. The van der Waals surface area contributed by atoms with Crippen LogP contribution in [0.1, 0.15) is 39.2 Å². The molecule has 1 atom stereocenters. The number of fused-ring (bicyclic) bond motifs is 1. The third-order valence-corrected chi connectivity index (χ3v) is 3.42. The van der Waals surface area contributed by atoms with Crippen LogP contribution in [0.25, 0.3) is 10.9 Å². The van der Waals surface area contributed by atoms with E-state index in [9.17, 15) is 4.79 Å². The van der Waals surface area contributed by atoms with Gasteiger partial charge in [0.25, 0.3) is 0 Å². The average molecular weight is 259 g/mol. The van der Waals surface area contributed by atoms with E-state index in [4.69, 9.17) is 4.74 Å². The lowest BCUT2D eigenvalue weighted by Crippen LogP contribution is -2.20. The van der Waals surface area contributed by atoms with Gasteiger partial charge in [-0.1, -0.05) is 13.3 Å². The van der Waals surface area contributed by atoms with E-state index in [2.05, 4.69) is 18.1 Å². The third kappa shape index (κ3) is 3.16. The molecule has 1 aromatic heterocycles. The molecule has 0 spiro atoms. The van der Waals surface area contributed by atoms with Gasteiger partial charge < -0.3 is 9.72 Å². The van der Waals surface area contributed by atoms with Crippen molar-refractivity contribution in [3.8, 4) is 5.75 Å². The van der Waals surface area contributed by atoms with Gasteiger partial charge in [-0.3, -0.25) is 4.79 Å². The minimum Gasteiger partial charge on any atom is -0.483 e. The molecule has 1 unspecified atom stereocenters. The van der Waals surface area contributed by atoms with Crippen molar-refractivity contribution in [2.75, 3.05) is 0 Å². The Bertz CT molecular complexity index is 571. The minimum absolute atomic E-state index is 0.0420. The number of aromatic nitrogens is 1. The lowest BCUT2D eigenvalue weighted by Gasteiger charge is -2.11. The van der Waals surface area contributed by atoms with Gasteiger partial charge in [-0.25, -0.2) is 0 Å². The second kappa shape index (κ2) is 5.91. The molecular weight excluding hydrogens is 238 g/mol. The van der Waals surface area contributed by atoms with Crippen molar-refractivity contribution in [1.82, 2.24) is 4.98 Å². The monoisotopic (exact) mass is 259 g/mol. The smallest absolute Gasteiger partial charge is 0.169 e. The zero-order valence-corrected chi connectivity index (χ0v) is 11.8. The lowest BCUT2D eigenvalue weighted by atomic mass is 10.1. The quantitative estimate of drug-likeness (QED) is 0.855. The van der Waals surface area contributed by atoms with E-state index in [0.717, 1.165) is 17.7 Å². The molecule has 2 aromatic rings. The largest absolute Gasteiger partial charge is 0.483 e. The lowest BCUT2D eigenvalue weighted by molar-refractivity contribution is -0.122. The Hall–Kier alpha value is -1.77. The van der Waals surface area contributed by atoms with Crippen molar-refractivity contribution in [2.24, 2.45) is 0 Å². The highest BCUT2D eigenvalue weighted by atomic mass is 16.5. The summed E-state index contributed by atoms with van der Waals surface area (Å²) in [6, 6.07) is 5.94. The Labute approximate surface area is 114 Å². The van der Waals surface area contributed by atoms with Gasteiger partial charge in [0.05, 0.1) is 0 Å². The van der Waals surface area contributed by atoms with Crippen molar-refractivity contribution in [2.45, 2.75) is 46.1 Å². The first kappa shape index (κ1) is 13.7. The molecule has 2 rings (SSSR count). The van der Waals surface area contributed by atoms with Crippen molar-refractivity contribution < 1.29 is 9.53 Å². The van der Waals surface area contributed by atoms with Crippen LogP contribution in [-0.2, 0) is 11.2 Å². The number of carbonyl (C=O) groups is 1. The number of ketones is 1. The molecule has 1 N–H and O–H groups in total. The number of carbonyl (C=O) groups excluding carboxylic acids is 1. The van der Waals surface area contributed by atoms with Crippen LogP contribution in [0.2, 0.25) is 0 Å². The molecule has 0 aliphatic rings. The molecule has 3 heteroatoms. The SMILES string of the molecule is CCCCc1c[nH]c2ccc(OC(C)C(C)=O)cc12. The number of hydrogen-bond acceptors (Lipinski definition) is 2. The van der Waals surface area contributed by atoms with Gasteiger partial charge in [-0.05, 0) is 50.5 Å². The van der Waals surface area contributed by atoms with Crippen LogP contribution in [0.15, 0.2) is 24.4 Å². The van der Waals surface area contributed by atoms with Gasteiger partial charge in [-0.2, -0.15) is 0 Å². The molecule has 1 heterocycles. The van der Waals surface area contributed by atoms with Crippen molar-refractivity contribution >= 4 is 16.7 Å². The van der Waals surface area contributed by atoms with Crippen molar-refractivity contribution in [3.63, 3.8) is 0 Å². The number of ether oxygens (including phenoxy) is 1. The maximum absolute atomic E-state index is 11.2. The predicted molar refractivity (Wildman–Crippen MR) is 77.7 cm³/mol. The Morgan fingerprint density at radius 2 is 2.21 bits per heavy atom. The first-order chi connectivity index (χ1) is 9.11. The van der Waals surface area contributed by atoms with Crippen LogP contribution in [-0.4, -0.2) is 16.9 Å². The maximum Gasteiger partial charge on any atom is 0.169 e. The van der Waals surface area contributed by atoms with Crippen LogP contribution in [0.4, 0.5) is 0 Å². The third-order valence-electron chi connectivity index (χ3n) is 3.42. The van der Waals surface area contributed by atoms with E-state index in [-0.39, 0.29) is 5.78 Å². The number of aryl methyl sites for hydroxylation is 1. The van der Waals surface area contributed by atoms with Gasteiger partial charge in [0, 0.05) is 17.1 Å². The normalized spacial score (nSPS) is 12.6. The first-order valence-electron chi connectivity index (χ1n) is 6.89. The zero-order chi connectivity index (χ0) is 13.8. The number of hydrogen-bond donors (Lipinski definition) is 1. The molecule has 0 radical (unpaired) electrons. The Balaban J connectivity index is 2.25. The van der Waals surface area contributed by atoms with E-state index in [0.29, 0.717) is 0 Å². The summed E-state index contributed by atoms with van der Waals surface area (Å²) in [4.78, 5) is 14.5. The fraction of sp³-hybridized carbons (Fsp3) is 0.438. The molecule has 0 aliphatic carbocycles. The van der Waals surface area contributed by atoms with Crippen LogP contribution in [0.5, 0.6) is 5.75 Å². The molecule has 0 fully saturated rings. The molecule has 1 aromatic carbocycles. The molecule has 3 nitrogen and oxygen atoms in total. The highest BCUT2D eigenvalue weighted by Crippen LogP contribution is 2.25. The van der Waals surface area contributed by atoms with Gasteiger partial charge in [0.2, 0.25) is 0 Å². The van der Waals surface area contributed by atoms with Crippen molar-refractivity contribution in [1.29, 1.82) is 0 Å². The molecule has 102 valence electrons. The number of benzene rings is 1. The first-order valence-corrected chi connectivity index (χ1v) is 6.89. The molecular formula is C16H21NO2. The molecule has 0 bridgehead atoms. The number of aromatic amines is 1. The topological polar surface area (TPSA) is 42.1 Å². The predicted octanol–water partition coefficient (Wildman–Crippen LogP) is 3.87. The van der Waals surface area contributed by atoms with E-state index in [1.165, 1.54) is 23.8 Å². The number of H-pyrrole nitrogens is 1. The summed E-state index contributed by atoms with van der Waals surface area (Å²) in [7, 11) is 0. The standard InChI is InChI=1S/C16H21NO2/c1-4-5-6-13-10-17-16-8-7-14(9-15(13)16)19-12(3)11(2)18/h7-10,12,17H,4-6H2,1-3H3. The van der Waals surface area contributed by atoms with Crippen LogP contribution in [0.3, 0.4) is 0 Å². The average Bonchev–Trinajstić information content (AvgIpc) is 2.78. The minimum atomic E-state index is -0.393. The highest BCUT2D eigenvalue weighted by molar-refractivity contribution is 5.85. The second-order valence-electron chi connectivity index (χ2n) is 5.00. The van der Waals surface area contributed by atoms with E-state index in [1.807, 2.05) is 18.2 Å². The molecule has 0 amide bonds. The van der Waals surface area contributed by atoms with Crippen molar-refractivity contribution in [3.05, 3.63) is 30.0 Å². The summed E-state index contributed by atoms with van der Waals surface area (Å²) in [5.41, 5.74) is 2.44. The summed E-state index contributed by atoms with van der Waals surface area (Å²) < 4.78 is 5.65. The summed E-state index contributed by atoms with van der Waals surface area (Å²) in [5, 5.41) is 1.20. The maximum atomic E-state index is 11.2. The Morgan fingerprint density at radius 3 is 2.89 bits per heavy atom. The Morgan fingerprint density at radius 1 is 1.42 bits per heavy atom. The summed E-state index contributed by atoms with van der Waals surface area (Å²) in [5.74, 6) is 0.799.